The monoisotopic (exact) mass is 426 g/mol. The van der Waals surface area contributed by atoms with Crippen LogP contribution in [0.2, 0.25) is 0 Å². The third-order valence-electron chi connectivity index (χ3n) is 3.82. The molecule has 164 valence electrons. The Hall–Kier alpha value is -3.17. The van der Waals surface area contributed by atoms with Crippen LogP contribution in [0.5, 0.6) is 17.4 Å². The van der Waals surface area contributed by atoms with Crippen LogP contribution in [0.3, 0.4) is 0 Å². The molecule has 0 spiro atoms. The van der Waals surface area contributed by atoms with Crippen molar-refractivity contribution in [3.05, 3.63) is 48.2 Å². The number of aliphatic imine (C=N–C) groups is 1. The number of guanidine groups is 1. The molecule has 1 aromatic carbocycles. The minimum absolute atomic E-state index is 0.0894. The average molecular weight is 426 g/mol. The van der Waals surface area contributed by atoms with E-state index in [1.54, 1.807) is 20.2 Å². The van der Waals surface area contributed by atoms with E-state index in [2.05, 4.69) is 25.3 Å². The van der Waals surface area contributed by atoms with Crippen LogP contribution in [0.15, 0.2) is 47.6 Å². The third kappa shape index (κ3) is 8.06. The van der Waals surface area contributed by atoms with E-state index in [1.165, 1.54) is 12.3 Å². The summed E-state index contributed by atoms with van der Waals surface area (Å²) in [7, 11) is 3.20. The van der Waals surface area contributed by atoms with Gasteiger partial charge in [-0.2, -0.15) is 13.2 Å². The van der Waals surface area contributed by atoms with Crippen molar-refractivity contribution in [1.82, 2.24) is 15.6 Å². The van der Waals surface area contributed by atoms with Gasteiger partial charge in [0.05, 0.1) is 13.7 Å². The van der Waals surface area contributed by atoms with Crippen LogP contribution in [0.1, 0.15) is 12.5 Å². The van der Waals surface area contributed by atoms with Crippen molar-refractivity contribution in [1.29, 1.82) is 0 Å². The highest BCUT2D eigenvalue weighted by Gasteiger charge is 2.28. The van der Waals surface area contributed by atoms with Gasteiger partial charge in [0.1, 0.15) is 6.10 Å². The summed E-state index contributed by atoms with van der Waals surface area (Å²) in [4.78, 5) is 7.91. The lowest BCUT2D eigenvalue weighted by Crippen LogP contribution is -2.41. The number of methoxy groups -OCH3 is 1. The fourth-order valence-electron chi connectivity index (χ4n) is 2.42. The van der Waals surface area contributed by atoms with Crippen LogP contribution in [-0.2, 0) is 6.54 Å². The number of nitrogens with one attached hydrogen (secondary N) is 2. The zero-order chi connectivity index (χ0) is 22.0. The highest BCUT2D eigenvalue weighted by Crippen LogP contribution is 2.26. The minimum Gasteiger partial charge on any atom is -0.493 e. The van der Waals surface area contributed by atoms with Crippen molar-refractivity contribution >= 4 is 5.96 Å². The number of benzene rings is 1. The third-order valence-corrected chi connectivity index (χ3v) is 3.82. The minimum atomic E-state index is -4.41. The Morgan fingerprint density at radius 3 is 2.57 bits per heavy atom. The van der Waals surface area contributed by atoms with Gasteiger partial charge in [0.2, 0.25) is 5.88 Å². The molecule has 2 N–H and O–H groups in total. The standard InChI is InChI=1S/C20H25F3N4O3/c1-14(30-17-7-5-4-6-16(17)28-3)11-26-19(24-2)27-12-15-8-9-25-18(10-15)29-13-20(21,22)23/h4-10,14H,11-13H2,1-3H3,(H2,24,26,27). The number of hydrogen-bond donors (Lipinski definition) is 2. The predicted molar refractivity (Wildman–Crippen MR) is 107 cm³/mol. The number of nitrogens with zero attached hydrogens (tertiary/aromatic N) is 2. The topological polar surface area (TPSA) is 77.0 Å². The van der Waals surface area contributed by atoms with Crippen LogP contribution in [0.4, 0.5) is 13.2 Å². The van der Waals surface area contributed by atoms with Gasteiger partial charge in [-0.25, -0.2) is 4.98 Å². The summed E-state index contributed by atoms with van der Waals surface area (Å²) in [5, 5.41) is 6.21. The lowest BCUT2D eigenvalue weighted by molar-refractivity contribution is -0.154. The molecule has 7 nitrogen and oxygen atoms in total. The van der Waals surface area contributed by atoms with E-state index in [4.69, 9.17) is 9.47 Å². The number of ether oxygens (including phenoxy) is 3. The second-order valence-electron chi connectivity index (χ2n) is 6.29. The van der Waals surface area contributed by atoms with Gasteiger partial charge >= 0.3 is 6.18 Å². The molecular formula is C20H25F3N4O3. The summed E-state index contributed by atoms with van der Waals surface area (Å²) in [5.41, 5.74) is 0.698. The van der Waals surface area contributed by atoms with Gasteiger partial charge in [-0.1, -0.05) is 12.1 Å². The SMILES string of the molecule is CN=C(NCc1ccnc(OCC(F)(F)F)c1)NCC(C)Oc1ccccc1OC. The highest BCUT2D eigenvalue weighted by atomic mass is 19.4. The smallest absolute Gasteiger partial charge is 0.422 e. The Kier molecular flexibility index (Phi) is 8.57. The van der Waals surface area contributed by atoms with E-state index in [1.807, 2.05) is 31.2 Å². The maximum atomic E-state index is 12.3. The zero-order valence-corrected chi connectivity index (χ0v) is 17.0. The van der Waals surface area contributed by atoms with Crippen molar-refractivity contribution in [3.63, 3.8) is 0 Å². The van der Waals surface area contributed by atoms with Gasteiger partial charge in [0.25, 0.3) is 0 Å². The second-order valence-corrected chi connectivity index (χ2v) is 6.29. The largest absolute Gasteiger partial charge is 0.493 e. The maximum Gasteiger partial charge on any atom is 0.422 e. The fraction of sp³-hybridized carbons (Fsp3) is 0.400. The molecule has 0 saturated heterocycles. The van der Waals surface area contributed by atoms with Crippen molar-refractivity contribution in [2.75, 3.05) is 27.3 Å². The Labute approximate surface area is 173 Å². The van der Waals surface area contributed by atoms with E-state index < -0.39 is 12.8 Å². The molecule has 0 bridgehead atoms. The molecule has 0 aliphatic heterocycles. The van der Waals surface area contributed by atoms with E-state index in [9.17, 15) is 13.2 Å². The van der Waals surface area contributed by atoms with E-state index in [-0.39, 0.29) is 12.0 Å². The molecule has 1 unspecified atom stereocenters. The number of alkyl halides is 3. The lowest BCUT2D eigenvalue weighted by Gasteiger charge is -2.19. The first-order chi connectivity index (χ1) is 14.3. The quantitative estimate of drug-likeness (QED) is 0.474. The van der Waals surface area contributed by atoms with Gasteiger partial charge < -0.3 is 24.8 Å². The molecule has 2 rings (SSSR count). The molecule has 0 radical (unpaired) electrons. The number of rotatable bonds is 9. The van der Waals surface area contributed by atoms with Gasteiger partial charge in [0, 0.05) is 25.9 Å². The molecule has 10 heteroatoms. The van der Waals surface area contributed by atoms with Gasteiger partial charge in [-0.05, 0) is 30.7 Å². The van der Waals surface area contributed by atoms with Crippen LogP contribution in [-0.4, -0.2) is 50.5 Å². The molecule has 1 atom stereocenters. The number of hydrogen-bond acceptors (Lipinski definition) is 5. The normalized spacial score (nSPS) is 12.8. The van der Waals surface area contributed by atoms with Crippen molar-refractivity contribution in [2.45, 2.75) is 25.7 Å². The van der Waals surface area contributed by atoms with E-state index >= 15 is 0 Å². The number of pyridine rings is 1. The van der Waals surface area contributed by atoms with Crippen molar-refractivity contribution in [3.8, 4) is 17.4 Å². The molecule has 0 amide bonds. The summed E-state index contributed by atoms with van der Waals surface area (Å²) in [6, 6.07) is 10.5. The molecule has 0 fully saturated rings. The fourth-order valence-corrected chi connectivity index (χ4v) is 2.42. The maximum absolute atomic E-state index is 12.3. The summed E-state index contributed by atoms with van der Waals surface area (Å²) in [5.74, 6) is 1.71. The van der Waals surface area contributed by atoms with Gasteiger partial charge in [0.15, 0.2) is 24.1 Å². The summed E-state index contributed by atoms with van der Waals surface area (Å²) in [6.45, 7) is 1.31. The van der Waals surface area contributed by atoms with Crippen molar-refractivity contribution in [2.24, 2.45) is 4.99 Å². The molecule has 1 aromatic heterocycles. The van der Waals surface area contributed by atoms with Crippen LogP contribution in [0.25, 0.3) is 0 Å². The highest BCUT2D eigenvalue weighted by molar-refractivity contribution is 5.79. The first-order valence-electron chi connectivity index (χ1n) is 9.19. The molecule has 0 aliphatic carbocycles. The first kappa shape index (κ1) is 23.1. The van der Waals surface area contributed by atoms with Crippen LogP contribution < -0.4 is 24.8 Å². The summed E-state index contributed by atoms with van der Waals surface area (Å²) >= 11 is 0. The number of halogens is 3. The lowest BCUT2D eigenvalue weighted by atomic mass is 10.2. The van der Waals surface area contributed by atoms with E-state index in [0.717, 1.165) is 0 Å². The summed E-state index contributed by atoms with van der Waals surface area (Å²) < 4.78 is 52.6. The van der Waals surface area contributed by atoms with Gasteiger partial charge in [-0.3, -0.25) is 4.99 Å². The zero-order valence-electron chi connectivity index (χ0n) is 17.0. The second kappa shape index (κ2) is 11.1. The molecule has 0 saturated carbocycles. The first-order valence-corrected chi connectivity index (χ1v) is 9.19. The molecule has 1 heterocycles. The molecule has 30 heavy (non-hydrogen) atoms. The summed E-state index contributed by atoms with van der Waals surface area (Å²) in [6.07, 6.45) is -3.20. The Morgan fingerprint density at radius 1 is 1.17 bits per heavy atom. The van der Waals surface area contributed by atoms with Crippen LogP contribution >= 0.6 is 0 Å². The molecule has 2 aromatic rings. The van der Waals surface area contributed by atoms with Gasteiger partial charge in [-0.15, -0.1) is 0 Å². The Morgan fingerprint density at radius 2 is 1.90 bits per heavy atom. The number of aromatic nitrogens is 1. The number of para-hydroxylation sites is 2. The van der Waals surface area contributed by atoms with E-state index in [0.29, 0.717) is 36.1 Å². The Balaban J connectivity index is 1.82. The predicted octanol–water partition coefficient (Wildman–Crippen LogP) is 3.16. The van der Waals surface area contributed by atoms with Crippen molar-refractivity contribution < 1.29 is 27.4 Å². The Bertz CT molecular complexity index is 831. The molecular weight excluding hydrogens is 401 g/mol. The average Bonchev–Trinajstić information content (AvgIpc) is 2.72. The van der Waals surface area contributed by atoms with Crippen LogP contribution in [0, 0.1) is 0 Å². The molecule has 0 aliphatic rings.